The average Bonchev–Trinajstić information content (AvgIpc) is 2.57. The van der Waals surface area contributed by atoms with Crippen molar-refractivity contribution >= 4 is 0 Å². The number of hydrogen-bond acceptors (Lipinski definition) is 5. The summed E-state index contributed by atoms with van der Waals surface area (Å²) < 4.78 is 5.72. The number of ether oxygens (including phenoxy) is 1. The van der Waals surface area contributed by atoms with E-state index >= 15 is 0 Å². The molecule has 1 atom stereocenters. The smallest absolute Gasteiger partial charge is 0.157 e. The van der Waals surface area contributed by atoms with Gasteiger partial charge in [-0.15, -0.1) is 0 Å². The molecular formula is C16H25N3O2. The molecule has 0 saturated carbocycles. The van der Waals surface area contributed by atoms with Crippen molar-refractivity contribution in [3.63, 3.8) is 0 Å². The zero-order valence-electron chi connectivity index (χ0n) is 12.6. The van der Waals surface area contributed by atoms with Crippen molar-refractivity contribution in [3.8, 4) is 0 Å². The molecular weight excluding hydrogens is 266 g/mol. The van der Waals surface area contributed by atoms with Gasteiger partial charge in [-0.1, -0.05) is 0 Å². The standard InChI is InChI=1S/C16H25N3O2/c20-12-13-4-6-19(7-5-13)11-14-9-17-16(18-10-14)15-3-1-2-8-21-15/h9-10,13,15,20H,1-8,11-12H2/t15-/m0/s1. The Morgan fingerprint density at radius 2 is 1.90 bits per heavy atom. The van der Waals surface area contributed by atoms with Gasteiger partial charge < -0.3 is 9.84 Å². The SMILES string of the molecule is OCC1CCN(Cc2cnc([C@@H]3CCCCO3)nc2)CC1. The topological polar surface area (TPSA) is 58.5 Å². The number of hydrogen-bond donors (Lipinski definition) is 1. The van der Waals surface area contributed by atoms with Crippen LogP contribution in [0.25, 0.3) is 0 Å². The van der Waals surface area contributed by atoms with Crippen LogP contribution in [0.1, 0.15) is 49.6 Å². The molecule has 0 aliphatic carbocycles. The number of aliphatic hydroxyl groups is 1. The van der Waals surface area contributed by atoms with Crippen LogP contribution in [0.15, 0.2) is 12.4 Å². The van der Waals surface area contributed by atoms with Gasteiger partial charge in [-0.3, -0.25) is 4.90 Å². The van der Waals surface area contributed by atoms with Crippen molar-refractivity contribution in [2.75, 3.05) is 26.3 Å². The van der Waals surface area contributed by atoms with Crippen LogP contribution in [0, 0.1) is 5.92 Å². The van der Waals surface area contributed by atoms with Crippen molar-refractivity contribution in [1.82, 2.24) is 14.9 Å². The van der Waals surface area contributed by atoms with Gasteiger partial charge in [0.25, 0.3) is 0 Å². The summed E-state index contributed by atoms with van der Waals surface area (Å²) in [6, 6.07) is 0. The van der Waals surface area contributed by atoms with Crippen molar-refractivity contribution in [3.05, 3.63) is 23.8 Å². The van der Waals surface area contributed by atoms with Gasteiger partial charge in [0.2, 0.25) is 0 Å². The van der Waals surface area contributed by atoms with E-state index in [1.807, 2.05) is 12.4 Å². The van der Waals surface area contributed by atoms with E-state index in [2.05, 4.69) is 14.9 Å². The van der Waals surface area contributed by atoms with Gasteiger partial charge in [0.1, 0.15) is 6.10 Å². The van der Waals surface area contributed by atoms with Gasteiger partial charge in [-0.25, -0.2) is 9.97 Å². The Hall–Kier alpha value is -1.04. The lowest BCUT2D eigenvalue weighted by Gasteiger charge is -2.30. The van der Waals surface area contributed by atoms with Crippen LogP contribution in [0.4, 0.5) is 0 Å². The Labute approximate surface area is 126 Å². The van der Waals surface area contributed by atoms with E-state index in [9.17, 15) is 5.11 Å². The Bertz CT molecular complexity index is 424. The molecule has 0 radical (unpaired) electrons. The van der Waals surface area contributed by atoms with E-state index in [-0.39, 0.29) is 6.10 Å². The second kappa shape index (κ2) is 7.29. The highest BCUT2D eigenvalue weighted by molar-refractivity contribution is 5.07. The summed E-state index contributed by atoms with van der Waals surface area (Å²) in [5, 5.41) is 9.17. The summed E-state index contributed by atoms with van der Waals surface area (Å²) in [4.78, 5) is 11.4. The lowest BCUT2D eigenvalue weighted by Crippen LogP contribution is -2.34. The molecule has 21 heavy (non-hydrogen) atoms. The fraction of sp³-hybridized carbons (Fsp3) is 0.750. The molecule has 3 heterocycles. The van der Waals surface area contributed by atoms with Crippen LogP contribution < -0.4 is 0 Å². The minimum Gasteiger partial charge on any atom is -0.396 e. The molecule has 1 aromatic heterocycles. The zero-order chi connectivity index (χ0) is 14.5. The lowest BCUT2D eigenvalue weighted by molar-refractivity contribution is 0.00937. The third-order valence-electron chi connectivity index (χ3n) is 4.56. The highest BCUT2D eigenvalue weighted by Crippen LogP contribution is 2.25. The summed E-state index contributed by atoms with van der Waals surface area (Å²) in [7, 11) is 0. The van der Waals surface area contributed by atoms with Crippen LogP contribution in [0.5, 0.6) is 0 Å². The molecule has 5 nitrogen and oxygen atoms in total. The van der Waals surface area contributed by atoms with Gasteiger partial charge in [0.15, 0.2) is 5.82 Å². The predicted molar refractivity (Wildman–Crippen MR) is 79.7 cm³/mol. The molecule has 0 amide bonds. The number of likely N-dealkylation sites (tertiary alicyclic amines) is 1. The molecule has 2 fully saturated rings. The van der Waals surface area contributed by atoms with E-state index < -0.39 is 0 Å². The van der Waals surface area contributed by atoms with E-state index in [0.29, 0.717) is 12.5 Å². The fourth-order valence-corrected chi connectivity index (χ4v) is 3.14. The Balaban J connectivity index is 1.52. The quantitative estimate of drug-likeness (QED) is 0.918. The minimum absolute atomic E-state index is 0.0908. The summed E-state index contributed by atoms with van der Waals surface area (Å²) in [6.45, 7) is 4.17. The maximum absolute atomic E-state index is 9.17. The molecule has 2 aliphatic rings. The second-order valence-electron chi connectivity index (χ2n) is 6.21. The largest absolute Gasteiger partial charge is 0.396 e. The number of rotatable bonds is 4. The normalized spacial score (nSPS) is 25.1. The third kappa shape index (κ3) is 3.99. The lowest BCUT2D eigenvalue weighted by atomic mass is 9.98. The van der Waals surface area contributed by atoms with Crippen LogP contribution >= 0.6 is 0 Å². The van der Waals surface area contributed by atoms with Gasteiger partial charge in [-0.05, 0) is 51.1 Å². The summed E-state index contributed by atoms with van der Waals surface area (Å²) in [5.74, 6) is 1.32. The Morgan fingerprint density at radius 3 is 2.52 bits per heavy atom. The number of aliphatic hydroxyl groups excluding tert-OH is 1. The maximum atomic E-state index is 9.17. The fourth-order valence-electron chi connectivity index (χ4n) is 3.14. The summed E-state index contributed by atoms with van der Waals surface area (Å²) in [6.07, 6.45) is 9.54. The van der Waals surface area contributed by atoms with Gasteiger partial charge in [0, 0.05) is 37.7 Å². The zero-order valence-corrected chi connectivity index (χ0v) is 12.6. The summed E-state index contributed by atoms with van der Waals surface area (Å²) in [5.41, 5.74) is 1.16. The first-order valence-corrected chi connectivity index (χ1v) is 8.11. The third-order valence-corrected chi connectivity index (χ3v) is 4.56. The van der Waals surface area contributed by atoms with Crippen molar-refractivity contribution in [2.24, 2.45) is 5.92 Å². The first-order chi connectivity index (χ1) is 10.3. The highest BCUT2D eigenvalue weighted by atomic mass is 16.5. The second-order valence-corrected chi connectivity index (χ2v) is 6.21. The van der Waals surface area contributed by atoms with E-state index in [0.717, 1.165) is 63.3 Å². The van der Waals surface area contributed by atoms with Crippen LogP contribution in [-0.4, -0.2) is 46.3 Å². The molecule has 2 saturated heterocycles. The molecule has 2 aliphatic heterocycles. The molecule has 0 spiro atoms. The van der Waals surface area contributed by atoms with Gasteiger partial charge in [-0.2, -0.15) is 0 Å². The molecule has 0 aromatic carbocycles. The molecule has 1 aromatic rings. The molecule has 0 unspecified atom stereocenters. The van der Waals surface area contributed by atoms with E-state index in [1.165, 1.54) is 6.42 Å². The van der Waals surface area contributed by atoms with Crippen molar-refractivity contribution in [2.45, 2.75) is 44.8 Å². The van der Waals surface area contributed by atoms with Crippen LogP contribution in [0.3, 0.4) is 0 Å². The number of nitrogens with zero attached hydrogens (tertiary/aromatic N) is 3. The average molecular weight is 291 g/mol. The maximum Gasteiger partial charge on any atom is 0.157 e. The Kier molecular flexibility index (Phi) is 5.17. The van der Waals surface area contributed by atoms with Crippen molar-refractivity contribution in [1.29, 1.82) is 0 Å². The van der Waals surface area contributed by atoms with Crippen LogP contribution in [-0.2, 0) is 11.3 Å². The van der Waals surface area contributed by atoms with E-state index in [4.69, 9.17) is 4.74 Å². The molecule has 116 valence electrons. The summed E-state index contributed by atoms with van der Waals surface area (Å²) >= 11 is 0. The highest BCUT2D eigenvalue weighted by Gasteiger charge is 2.20. The van der Waals surface area contributed by atoms with Gasteiger partial charge >= 0.3 is 0 Å². The first kappa shape index (κ1) is 14.9. The number of aromatic nitrogens is 2. The minimum atomic E-state index is 0.0908. The van der Waals surface area contributed by atoms with E-state index in [1.54, 1.807) is 0 Å². The first-order valence-electron chi connectivity index (χ1n) is 8.11. The van der Waals surface area contributed by atoms with Gasteiger partial charge in [0.05, 0.1) is 0 Å². The monoisotopic (exact) mass is 291 g/mol. The Morgan fingerprint density at radius 1 is 1.14 bits per heavy atom. The number of piperidine rings is 1. The predicted octanol–water partition coefficient (Wildman–Crippen LogP) is 1.92. The van der Waals surface area contributed by atoms with Crippen LogP contribution in [0.2, 0.25) is 0 Å². The molecule has 1 N–H and O–H groups in total. The van der Waals surface area contributed by atoms with Crippen molar-refractivity contribution < 1.29 is 9.84 Å². The molecule has 3 rings (SSSR count). The molecule has 0 bridgehead atoms. The molecule has 5 heteroatoms.